The van der Waals surface area contributed by atoms with Crippen molar-refractivity contribution in [2.75, 3.05) is 13.1 Å². The van der Waals surface area contributed by atoms with Gasteiger partial charge in [0.1, 0.15) is 5.75 Å². The first-order valence-electron chi connectivity index (χ1n) is 8.34. The van der Waals surface area contributed by atoms with Crippen molar-refractivity contribution < 1.29 is 4.74 Å². The minimum Gasteiger partial charge on any atom is -0.475 e. The number of halogens is 1. The van der Waals surface area contributed by atoms with Crippen LogP contribution in [0.2, 0.25) is 0 Å². The average Bonchev–Trinajstić information content (AvgIpc) is 2.57. The van der Waals surface area contributed by atoms with Crippen LogP contribution < -0.4 is 4.74 Å². The summed E-state index contributed by atoms with van der Waals surface area (Å²) in [4.78, 5) is 2.37. The van der Waals surface area contributed by atoms with E-state index in [0.717, 1.165) is 31.7 Å². The number of nitrogens with zero attached hydrogens (tertiary/aromatic N) is 1. The van der Waals surface area contributed by atoms with Gasteiger partial charge in [0.05, 0.1) is 0 Å². The molecule has 0 fully saturated rings. The molecular weight excluding hydrogens is 306 g/mol. The van der Waals surface area contributed by atoms with Gasteiger partial charge in [-0.15, -0.1) is 12.4 Å². The zero-order valence-electron chi connectivity index (χ0n) is 14.4. The molecule has 2 nitrogen and oxygen atoms in total. The molecule has 0 aromatic heterocycles. The van der Waals surface area contributed by atoms with E-state index < -0.39 is 0 Å². The molecule has 2 aromatic carbocycles. The van der Waals surface area contributed by atoms with E-state index in [-0.39, 0.29) is 18.6 Å². The smallest absolute Gasteiger partial charge is 0.152 e. The summed E-state index contributed by atoms with van der Waals surface area (Å²) in [6.07, 6.45) is 2.35. The molecule has 0 saturated heterocycles. The molecule has 2 aromatic rings. The minimum atomic E-state index is 0. The highest BCUT2D eigenvalue weighted by atomic mass is 35.5. The fourth-order valence-electron chi connectivity index (χ4n) is 2.71. The molecule has 1 unspecified atom stereocenters. The zero-order valence-corrected chi connectivity index (χ0v) is 15.2. The maximum absolute atomic E-state index is 6.22. The first kappa shape index (κ1) is 19.5. The third kappa shape index (κ3) is 5.56. The summed E-state index contributed by atoms with van der Waals surface area (Å²) in [5.41, 5.74) is 2.46. The van der Waals surface area contributed by atoms with Crippen LogP contribution in [0.3, 0.4) is 0 Å². The van der Waals surface area contributed by atoms with Crippen molar-refractivity contribution in [1.29, 1.82) is 0 Å². The Morgan fingerprint density at radius 3 is 1.91 bits per heavy atom. The van der Waals surface area contributed by atoms with E-state index >= 15 is 0 Å². The van der Waals surface area contributed by atoms with Gasteiger partial charge in [-0.05, 0) is 42.8 Å². The summed E-state index contributed by atoms with van der Waals surface area (Å²) >= 11 is 0. The maximum Gasteiger partial charge on any atom is 0.152 e. The lowest BCUT2D eigenvalue weighted by atomic mass is 10.1. The summed E-state index contributed by atoms with van der Waals surface area (Å²) in [7, 11) is 0. The molecule has 0 bridgehead atoms. The van der Waals surface area contributed by atoms with Crippen LogP contribution in [-0.4, -0.2) is 24.2 Å². The van der Waals surface area contributed by atoms with Gasteiger partial charge in [-0.1, -0.05) is 69.7 Å². The van der Waals surface area contributed by atoms with E-state index in [1.807, 2.05) is 6.07 Å². The number of ether oxygens (including phenoxy) is 1. The summed E-state index contributed by atoms with van der Waals surface area (Å²) in [6.45, 7) is 8.62. The molecule has 23 heavy (non-hydrogen) atoms. The predicted octanol–water partition coefficient (Wildman–Crippen LogP) is 5.62. The van der Waals surface area contributed by atoms with Gasteiger partial charge in [0, 0.05) is 0 Å². The molecule has 2 rings (SSSR count). The van der Waals surface area contributed by atoms with Gasteiger partial charge in [-0.25, -0.2) is 0 Å². The predicted molar refractivity (Wildman–Crippen MR) is 101 cm³/mol. The highest BCUT2D eigenvalue weighted by molar-refractivity contribution is 5.85. The van der Waals surface area contributed by atoms with Crippen LogP contribution in [0.1, 0.15) is 33.6 Å². The fraction of sp³-hybridized carbons (Fsp3) is 0.400. The lowest BCUT2D eigenvalue weighted by Crippen LogP contribution is -2.39. The molecule has 0 aliphatic heterocycles. The van der Waals surface area contributed by atoms with E-state index in [4.69, 9.17) is 4.74 Å². The van der Waals surface area contributed by atoms with Crippen LogP contribution in [0.5, 0.6) is 5.75 Å². The molecule has 0 spiro atoms. The number of benzene rings is 2. The Balaban J connectivity index is 0.00000264. The minimum absolute atomic E-state index is 0. The zero-order chi connectivity index (χ0) is 15.8. The average molecular weight is 334 g/mol. The molecule has 126 valence electrons. The number of rotatable bonds is 8. The Labute approximate surface area is 146 Å². The second-order valence-electron chi connectivity index (χ2n) is 5.47. The molecule has 0 radical (unpaired) electrons. The maximum atomic E-state index is 6.22. The molecule has 0 saturated carbocycles. The van der Waals surface area contributed by atoms with Crippen LogP contribution in [-0.2, 0) is 0 Å². The Hall–Kier alpha value is -1.51. The Kier molecular flexibility index (Phi) is 8.75. The Morgan fingerprint density at radius 2 is 1.39 bits per heavy atom. The third-order valence-corrected chi connectivity index (χ3v) is 3.99. The van der Waals surface area contributed by atoms with Crippen LogP contribution in [0, 0.1) is 0 Å². The standard InChI is InChI=1S/C20H27NO.ClH/c1-4-10-20(21(5-2)6-3)22-19-15-13-18(14-16-19)17-11-8-7-9-12-17;/h7-9,11-16,20H,4-6,10H2,1-3H3;1H. The summed E-state index contributed by atoms with van der Waals surface area (Å²) in [6, 6.07) is 18.9. The summed E-state index contributed by atoms with van der Waals surface area (Å²) in [5.74, 6) is 0.949. The quantitative estimate of drug-likeness (QED) is 0.581. The highest BCUT2D eigenvalue weighted by Gasteiger charge is 2.16. The molecule has 0 aliphatic carbocycles. The van der Waals surface area contributed by atoms with Gasteiger partial charge < -0.3 is 4.74 Å². The van der Waals surface area contributed by atoms with Crippen LogP contribution in [0.25, 0.3) is 11.1 Å². The van der Waals surface area contributed by atoms with Crippen molar-refractivity contribution in [3.63, 3.8) is 0 Å². The van der Waals surface area contributed by atoms with Gasteiger partial charge in [0.25, 0.3) is 0 Å². The Morgan fingerprint density at radius 1 is 0.826 bits per heavy atom. The van der Waals surface area contributed by atoms with E-state index in [0.29, 0.717) is 0 Å². The highest BCUT2D eigenvalue weighted by Crippen LogP contribution is 2.23. The molecule has 0 aliphatic rings. The van der Waals surface area contributed by atoms with E-state index in [9.17, 15) is 0 Å². The monoisotopic (exact) mass is 333 g/mol. The largest absolute Gasteiger partial charge is 0.475 e. The second kappa shape index (κ2) is 10.3. The first-order valence-corrected chi connectivity index (χ1v) is 8.34. The van der Waals surface area contributed by atoms with Crippen molar-refractivity contribution in [3.05, 3.63) is 54.6 Å². The molecule has 0 amide bonds. The van der Waals surface area contributed by atoms with Gasteiger partial charge in [-0.3, -0.25) is 4.90 Å². The first-order chi connectivity index (χ1) is 10.8. The van der Waals surface area contributed by atoms with Crippen molar-refractivity contribution >= 4 is 12.4 Å². The number of hydrogen-bond donors (Lipinski definition) is 0. The second-order valence-corrected chi connectivity index (χ2v) is 5.47. The van der Waals surface area contributed by atoms with Gasteiger partial charge in [0.2, 0.25) is 0 Å². The third-order valence-electron chi connectivity index (χ3n) is 3.99. The Bertz CT molecular complexity index is 537. The lowest BCUT2D eigenvalue weighted by Gasteiger charge is -2.30. The van der Waals surface area contributed by atoms with Crippen molar-refractivity contribution in [2.45, 2.75) is 39.8 Å². The number of hydrogen-bond acceptors (Lipinski definition) is 2. The summed E-state index contributed by atoms with van der Waals surface area (Å²) in [5, 5.41) is 0. The molecule has 0 N–H and O–H groups in total. The SMILES string of the molecule is CCCC(Oc1ccc(-c2ccccc2)cc1)N(CC)CC.Cl. The van der Waals surface area contributed by atoms with Crippen LogP contribution >= 0.6 is 12.4 Å². The lowest BCUT2D eigenvalue weighted by molar-refractivity contribution is 0.0255. The molecule has 0 heterocycles. The van der Waals surface area contributed by atoms with Gasteiger partial charge in [-0.2, -0.15) is 0 Å². The van der Waals surface area contributed by atoms with Crippen molar-refractivity contribution in [3.8, 4) is 16.9 Å². The van der Waals surface area contributed by atoms with E-state index in [1.165, 1.54) is 11.1 Å². The summed E-state index contributed by atoms with van der Waals surface area (Å²) < 4.78 is 6.22. The van der Waals surface area contributed by atoms with E-state index in [2.05, 4.69) is 74.2 Å². The fourth-order valence-corrected chi connectivity index (χ4v) is 2.71. The van der Waals surface area contributed by atoms with Crippen LogP contribution in [0.15, 0.2) is 54.6 Å². The van der Waals surface area contributed by atoms with Crippen LogP contribution in [0.4, 0.5) is 0 Å². The topological polar surface area (TPSA) is 12.5 Å². The molecule has 1 atom stereocenters. The molecule has 3 heteroatoms. The van der Waals surface area contributed by atoms with Gasteiger partial charge >= 0.3 is 0 Å². The van der Waals surface area contributed by atoms with Crippen molar-refractivity contribution in [1.82, 2.24) is 4.90 Å². The van der Waals surface area contributed by atoms with Crippen molar-refractivity contribution in [2.24, 2.45) is 0 Å². The van der Waals surface area contributed by atoms with Gasteiger partial charge in [0.15, 0.2) is 6.23 Å². The van der Waals surface area contributed by atoms with E-state index in [1.54, 1.807) is 0 Å². The molecular formula is C20H28ClNO. The normalized spacial score (nSPS) is 11.8.